The normalized spacial score (nSPS) is 10.4. The molecular weight excluding hydrogens is 301 g/mol. The van der Waals surface area contributed by atoms with Crippen molar-refractivity contribution >= 4 is 11.9 Å². The van der Waals surface area contributed by atoms with E-state index in [2.05, 4.69) is 4.74 Å². The summed E-state index contributed by atoms with van der Waals surface area (Å²) in [6.45, 7) is 1.49. The number of hydrogen-bond donors (Lipinski definition) is 0. The van der Waals surface area contributed by atoms with Crippen LogP contribution in [0.25, 0.3) is 0 Å². The van der Waals surface area contributed by atoms with Crippen LogP contribution in [0.2, 0.25) is 0 Å². The molecule has 0 aromatic heterocycles. The monoisotopic (exact) mass is 318 g/mol. The van der Waals surface area contributed by atoms with Crippen molar-refractivity contribution < 1.29 is 32.2 Å². The molecular formula is C15H17F3O4. The van der Waals surface area contributed by atoms with Crippen LogP contribution in [0.5, 0.6) is 0 Å². The number of esters is 2. The number of unbranched alkanes of at least 4 members (excludes halogenated alkanes) is 1. The maximum Gasteiger partial charge on any atom is 0.306 e. The van der Waals surface area contributed by atoms with Gasteiger partial charge in [0.1, 0.15) is 12.4 Å². The Balaban J connectivity index is 2.38. The summed E-state index contributed by atoms with van der Waals surface area (Å²) in [6.07, 6.45) is 1.15. The summed E-state index contributed by atoms with van der Waals surface area (Å²) in [5.74, 6) is -5.01. The number of carbonyl (C=O) groups is 2. The number of hydrogen-bond acceptors (Lipinski definition) is 4. The minimum atomic E-state index is -1.40. The number of carbonyl (C=O) groups excluding carboxylic acids is 2. The average Bonchev–Trinajstić information content (AvgIpc) is 2.49. The summed E-state index contributed by atoms with van der Waals surface area (Å²) in [4.78, 5) is 22.6. The molecule has 0 aliphatic heterocycles. The van der Waals surface area contributed by atoms with E-state index in [1.54, 1.807) is 0 Å². The molecule has 0 spiro atoms. The van der Waals surface area contributed by atoms with Gasteiger partial charge in [0.05, 0.1) is 25.0 Å². The Kier molecular flexibility index (Phi) is 7.42. The highest BCUT2D eigenvalue weighted by Gasteiger charge is 2.16. The second kappa shape index (κ2) is 9.07. The predicted molar refractivity (Wildman–Crippen MR) is 71.2 cm³/mol. The van der Waals surface area contributed by atoms with Gasteiger partial charge in [0.2, 0.25) is 0 Å². The van der Waals surface area contributed by atoms with Gasteiger partial charge in [-0.25, -0.2) is 13.2 Å². The topological polar surface area (TPSA) is 52.6 Å². The average molecular weight is 318 g/mol. The van der Waals surface area contributed by atoms with Crippen molar-refractivity contribution in [2.24, 2.45) is 0 Å². The minimum absolute atomic E-state index is 0.184. The third-order valence-corrected chi connectivity index (χ3v) is 2.81. The predicted octanol–water partition coefficient (Wildman–Crippen LogP) is 3.27. The molecule has 0 unspecified atom stereocenters. The van der Waals surface area contributed by atoms with Crippen LogP contribution in [-0.4, -0.2) is 18.5 Å². The first-order valence-electron chi connectivity index (χ1n) is 6.89. The lowest BCUT2D eigenvalue weighted by molar-refractivity contribution is -0.151. The highest BCUT2D eigenvalue weighted by Crippen LogP contribution is 2.17. The highest BCUT2D eigenvalue weighted by atomic mass is 19.2. The largest absolute Gasteiger partial charge is 0.466 e. The van der Waals surface area contributed by atoms with Gasteiger partial charge in [0.25, 0.3) is 0 Å². The van der Waals surface area contributed by atoms with Gasteiger partial charge < -0.3 is 9.47 Å². The molecule has 1 aromatic carbocycles. The number of halogens is 3. The number of benzene rings is 1. The van der Waals surface area contributed by atoms with Crippen LogP contribution in [0.15, 0.2) is 12.1 Å². The fourth-order valence-electron chi connectivity index (χ4n) is 1.53. The van der Waals surface area contributed by atoms with Crippen molar-refractivity contribution in [1.29, 1.82) is 0 Å². The van der Waals surface area contributed by atoms with Gasteiger partial charge in [-0.3, -0.25) is 9.59 Å². The molecule has 0 N–H and O–H groups in total. The Hall–Kier alpha value is -2.05. The van der Waals surface area contributed by atoms with Gasteiger partial charge in [0, 0.05) is 0 Å². The van der Waals surface area contributed by atoms with E-state index in [1.165, 1.54) is 0 Å². The van der Waals surface area contributed by atoms with Crippen molar-refractivity contribution in [3.8, 4) is 0 Å². The number of rotatable bonds is 8. The maximum atomic E-state index is 13.3. The van der Waals surface area contributed by atoms with Crippen LogP contribution >= 0.6 is 0 Å². The zero-order valence-corrected chi connectivity index (χ0v) is 12.2. The summed E-state index contributed by atoms with van der Waals surface area (Å²) in [5.41, 5.74) is -0.668. The van der Waals surface area contributed by atoms with Crippen LogP contribution < -0.4 is 0 Å². The molecule has 0 saturated carbocycles. The quantitative estimate of drug-likeness (QED) is 0.419. The molecule has 7 heteroatoms. The molecule has 0 aliphatic rings. The molecule has 1 aromatic rings. The van der Waals surface area contributed by atoms with E-state index in [1.807, 2.05) is 6.92 Å². The highest BCUT2D eigenvalue weighted by molar-refractivity contribution is 5.77. The summed E-state index contributed by atoms with van der Waals surface area (Å²) < 4.78 is 49.0. The van der Waals surface area contributed by atoms with Crippen molar-refractivity contribution in [3.63, 3.8) is 0 Å². The van der Waals surface area contributed by atoms with E-state index in [4.69, 9.17) is 4.74 Å². The molecule has 22 heavy (non-hydrogen) atoms. The summed E-state index contributed by atoms with van der Waals surface area (Å²) in [7, 11) is 0. The lowest BCUT2D eigenvalue weighted by Crippen LogP contribution is -2.12. The third-order valence-electron chi connectivity index (χ3n) is 2.81. The molecule has 0 fully saturated rings. The molecule has 0 atom stereocenters. The first-order valence-corrected chi connectivity index (χ1v) is 6.89. The van der Waals surface area contributed by atoms with E-state index in [0.29, 0.717) is 6.07 Å². The Labute approximate surface area is 126 Å². The Morgan fingerprint density at radius 1 is 1.00 bits per heavy atom. The first kappa shape index (κ1) is 18.0. The third kappa shape index (κ3) is 5.75. The minimum Gasteiger partial charge on any atom is -0.466 e. The SMILES string of the molecule is CCCCOC(=O)CCC(=O)OCc1c(F)ccc(F)c1F. The molecule has 4 nitrogen and oxygen atoms in total. The van der Waals surface area contributed by atoms with Crippen molar-refractivity contribution in [2.75, 3.05) is 6.61 Å². The molecule has 1 rings (SSSR count). The van der Waals surface area contributed by atoms with Crippen LogP contribution in [0, 0.1) is 17.5 Å². The molecule has 0 amide bonds. The maximum absolute atomic E-state index is 13.3. The van der Waals surface area contributed by atoms with Gasteiger partial charge in [-0.1, -0.05) is 13.3 Å². The van der Waals surface area contributed by atoms with Crippen LogP contribution in [0.4, 0.5) is 13.2 Å². The van der Waals surface area contributed by atoms with Gasteiger partial charge in [-0.05, 0) is 18.6 Å². The molecule has 0 radical (unpaired) electrons. The first-order chi connectivity index (χ1) is 10.5. The van der Waals surface area contributed by atoms with Crippen LogP contribution in [0.1, 0.15) is 38.2 Å². The van der Waals surface area contributed by atoms with E-state index in [-0.39, 0.29) is 19.4 Å². The van der Waals surface area contributed by atoms with Crippen LogP contribution in [-0.2, 0) is 25.7 Å². The van der Waals surface area contributed by atoms with E-state index in [0.717, 1.165) is 18.9 Å². The second-order valence-corrected chi connectivity index (χ2v) is 4.56. The Bertz CT molecular complexity index is 532. The Morgan fingerprint density at radius 3 is 2.23 bits per heavy atom. The van der Waals surface area contributed by atoms with E-state index < -0.39 is 41.6 Å². The summed E-state index contributed by atoms with van der Waals surface area (Å²) >= 11 is 0. The van der Waals surface area contributed by atoms with E-state index in [9.17, 15) is 22.8 Å². The van der Waals surface area contributed by atoms with Crippen molar-refractivity contribution in [1.82, 2.24) is 0 Å². The second-order valence-electron chi connectivity index (χ2n) is 4.56. The zero-order chi connectivity index (χ0) is 16.5. The summed E-state index contributed by atoms with van der Waals surface area (Å²) in [5, 5.41) is 0. The van der Waals surface area contributed by atoms with Crippen molar-refractivity contribution in [3.05, 3.63) is 35.1 Å². The van der Waals surface area contributed by atoms with Crippen molar-refractivity contribution in [2.45, 2.75) is 39.2 Å². The zero-order valence-electron chi connectivity index (χ0n) is 12.2. The molecule has 0 aliphatic carbocycles. The summed E-state index contributed by atoms with van der Waals surface area (Å²) in [6, 6.07) is 1.38. The van der Waals surface area contributed by atoms with Gasteiger partial charge >= 0.3 is 11.9 Å². The lowest BCUT2D eigenvalue weighted by Gasteiger charge is -2.07. The fraction of sp³-hybridized carbons (Fsp3) is 0.467. The van der Waals surface area contributed by atoms with Gasteiger partial charge in [-0.2, -0.15) is 0 Å². The molecule has 0 heterocycles. The standard InChI is InChI=1S/C15H17F3O4/c1-2-3-8-21-13(19)6-7-14(20)22-9-10-11(16)4-5-12(17)15(10)18/h4-5H,2-3,6-9H2,1H3. The van der Waals surface area contributed by atoms with E-state index >= 15 is 0 Å². The Morgan fingerprint density at radius 2 is 1.59 bits per heavy atom. The van der Waals surface area contributed by atoms with Crippen LogP contribution in [0.3, 0.4) is 0 Å². The fourth-order valence-corrected chi connectivity index (χ4v) is 1.53. The number of ether oxygens (including phenoxy) is 2. The molecule has 122 valence electrons. The van der Waals surface area contributed by atoms with Gasteiger partial charge in [0.15, 0.2) is 11.6 Å². The lowest BCUT2D eigenvalue weighted by atomic mass is 10.2. The smallest absolute Gasteiger partial charge is 0.306 e. The molecule has 0 saturated heterocycles. The molecule has 0 bridgehead atoms. The van der Waals surface area contributed by atoms with Gasteiger partial charge in [-0.15, -0.1) is 0 Å².